The van der Waals surface area contributed by atoms with Gasteiger partial charge in [0, 0.05) is 31.9 Å². The van der Waals surface area contributed by atoms with E-state index in [0.29, 0.717) is 18.7 Å². The van der Waals surface area contributed by atoms with E-state index >= 15 is 0 Å². The number of aromatic carboxylic acids is 1. The van der Waals surface area contributed by atoms with Crippen LogP contribution in [0.5, 0.6) is 0 Å². The van der Waals surface area contributed by atoms with Gasteiger partial charge in [-0.05, 0) is 30.7 Å². The molecule has 6 nitrogen and oxygen atoms in total. The van der Waals surface area contributed by atoms with Crippen molar-refractivity contribution < 1.29 is 14.7 Å². The van der Waals surface area contributed by atoms with E-state index in [-0.39, 0.29) is 12.1 Å². The lowest BCUT2D eigenvalue weighted by molar-refractivity contribution is 0.0696. The highest BCUT2D eigenvalue weighted by atomic mass is 16.4. The number of rotatable bonds is 2. The topological polar surface area (TPSA) is 72.9 Å². The normalized spacial score (nSPS) is 21.6. The van der Waals surface area contributed by atoms with Crippen LogP contribution < -0.4 is 10.2 Å². The number of carbonyl (C=O) groups excluding carboxylic acids is 1. The zero-order valence-electron chi connectivity index (χ0n) is 11.3. The highest BCUT2D eigenvalue weighted by Crippen LogP contribution is 2.23. The number of nitrogens with zero attached hydrogens (tertiary/aromatic N) is 2. The molecule has 20 heavy (non-hydrogen) atoms. The Hall–Kier alpha value is -2.24. The Morgan fingerprint density at radius 1 is 1.40 bits per heavy atom. The molecule has 2 saturated heterocycles. The maximum atomic E-state index is 11.6. The van der Waals surface area contributed by atoms with Gasteiger partial charge in [-0.25, -0.2) is 9.59 Å². The monoisotopic (exact) mass is 275 g/mol. The summed E-state index contributed by atoms with van der Waals surface area (Å²) in [5.41, 5.74) is 2.12. The molecule has 1 unspecified atom stereocenters. The highest BCUT2D eigenvalue weighted by Gasteiger charge is 2.35. The van der Waals surface area contributed by atoms with Crippen LogP contribution in [0.3, 0.4) is 0 Å². The van der Waals surface area contributed by atoms with Crippen LogP contribution in [0.2, 0.25) is 0 Å². The number of carbonyl (C=O) groups is 2. The molecular weight excluding hydrogens is 258 g/mol. The molecule has 2 aliphatic heterocycles. The van der Waals surface area contributed by atoms with Gasteiger partial charge in [0.15, 0.2) is 0 Å². The van der Waals surface area contributed by atoms with Crippen LogP contribution >= 0.6 is 0 Å². The number of urea groups is 1. The van der Waals surface area contributed by atoms with Crippen molar-refractivity contribution in [3.63, 3.8) is 0 Å². The molecule has 2 amide bonds. The fraction of sp³-hybridized carbons (Fsp3) is 0.429. The van der Waals surface area contributed by atoms with Gasteiger partial charge in [0.25, 0.3) is 0 Å². The smallest absolute Gasteiger partial charge is 0.335 e. The predicted octanol–water partition coefficient (Wildman–Crippen LogP) is 0.907. The molecular formula is C14H17N3O3. The first kappa shape index (κ1) is 12.8. The molecule has 0 saturated carbocycles. The van der Waals surface area contributed by atoms with E-state index < -0.39 is 5.97 Å². The Labute approximate surface area is 117 Å². The van der Waals surface area contributed by atoms with Gasteiger partial charge < -0.3 is 20.2 Å². The fourth-order valence-corrected chi connectivity index (χ4v) is 2.92. The molecule has 2 fully saturated rings. The molecule has 0 spiro atoms. The number of carboxylic acids is 1. The maximum Gasteiger partial charge on any atom is 0.335 e. The predicted molar refractivity (Wildman–Crippen MR) is 74.2 cm³/mol. The van der Waals surface area contributed by atoms with Crippen LogP contribution in [0.25, 0.3) is 0 Å². The number of nitrogens with one attached hydrogen (secondary N) is 1. The van der Waals surface area contributed by atoms with E-state index in [1.54, 1.807) is 6.07 Å². The van der Waals surface area contributed by atoms with E-state index in [0.717, 1.165) is 24.3 Å². The lowest BCUT2D eigenvalue weighted by Crippen LogP contribution is -2.52. The lowest BCUT2D eigenvalue weighted by Gasteiger charge is -2.38. The summed E-state index contributed by atoms with van der Waals surface area (Å²) in [4.78, 5) is 26.7. The Morgan fingerprint density at radius 2 is 2.20 bits per heavy atom. The number of fused-ring (bicyclic) bond motifs is 1. The molecule has 2 N–H and O–H groups in total. The summed E-state index contributed by atoms with van der Waals surface area (Å²) in [5, 5.41) is 11.9. The summed E-state index contributed by atoms with van der Waals surface area (Å²) < 4.78 is 0. The van der Waals surface area contributed by atoms with E-state index in [1.165, 1.54) is 0 Å². The quantitative estimate of drug-likeness (QED) is 0.841. The molecule has 1 aromatic carbocycles. The SMILES string of the molecule is Cc1cc(N2CCN3C(=O)NCC3C2)ccc1C(=O)O. The van der Waals surface area contributed by atoms with Crippen molar-refractivity contribution in [2.45, 2.75) is 13.0 Å². The minimum atomic E-state index is -0.899. The van der Waals surface area contributed by atoms with Gasteiger partial charge in [0.05, 0.1) is 11.6 Å². The third kappa shape index (κ3) is 2.07. The van der Waals surface area contributed by atoms with Crippen molar-refractivity contribution in [2.24, 2.45) is 0 Å². The van der Waals surface area contributed by atoms with Gasteiger partial charge in [0.1, 0.15) is 0 Å². The second-order valence-corrected chi connectivity index (χ2v) is 5.28. The number of amides is 2. The van der Waals surface area contributed by atoms with Crippen molar-refractivity contribution >= 4 is 17.7 Å². The average Bonchev–Trinajstić information content (AvgIpc) is 2.79. The minimum absolute atomic E-state index is 0.0204. The van der Waals surface area contributed by atoms with Crippen LogP contribution in [0.1, 0.15) is 15.9 Å². The standard InChI is InChI=1S/C14H17N3O3/c1-9-6-10(2-3-12(9)13(18)19)16-4-5-17-11(8-16)7-15-14(17)20/h2-3,6,11H,4-5,7-8H2,1H3,(H,15,20)(H,18,19). The summed E-state index contributed by atoms with van der Waals surface area (Å²) >= 11 is 0. The number of hydrogen-bond acceptors (Lipinski definition) is 3. The fourth-order valence-electron chi connectivity index (χ4n) is 2.92. The molecule has 2 heterocycles. The Balaban J connectivity index is 1.79. The van der Waals surface area contributed by atoms with E-state index in [4.69, 9.17) is 5.11 Å². The first-order valence-corrected chi connectivity index (χ1v) is 6.69. The van der Waals surface area contributed by atoms with Gasteiger partial charge in [-0.15, -0.1) is 0 Å². The summed E-state index contributed by atoms with van der Waals surface area (Å²) in [6, 6.07) is 5.62. The Kier molecular flexibility index (Phi) is 3.00. The van der Waals surface area contributed by atoms with Crippen molar-refractivity contribution in [1.82, 2.24) is 10.2 Å². The molecule has 0 aromatic heterocycles. The summed E-state index contributed by atoms with van der Waals surface area (Å²) in [7, 11) is 0. The highest BCUT2D eigenvalue weighted by molar-refractivity contribution is 5.90. The molecule has 0 bridgehead atoms. The third-order valence-corrected chi connectivity index (χ3v) is 4.04. The van der Waals surface area contributed by atoms with Crippen LogP contribution in [-0.4, -0.2) is 54.2 Å². The molecule has 2 aliphatic rings. The summed E-state index contributed by atoms with van der Waals surface area (Å²) in [6.07, 6.45) is 0. The first-order valence-electron chi connectivity index (χ1n) is 6.69. The van der Waals surface area contributed by atoms with E-state index in [2.05, 4.69) is 10.2 Å². The number of aryl methyl sites for hydroxylation is 1. The van der Waals surface area contributed by atoms with Crippen LogP contribution in [0.4, 0.5) is 10.5 Å². The van der Waals surface area contributed by atoms with Crippen molar-refractivity contribution in [3.05, 3.63) is 29.3 Å². The molecule has 6 heteroatoms. The summed E-state index contributed by atoms with van der Waals surface area (Å²) in [6.45, 7) is 4.75. The zero-order valence-corrected chi connectivity index (χ0v) is 11.3. The van der Waals surface area contributed by atoms with Crippen molar-refractivity contribution in [2.75, 3.05) is 31.1 Å². The van der Waals surface area contributed by atoms with E-state index in [9.17, 15) is 9.59 Å². The van der Waals surface area contributed by atoms with Crippen LogP contribution in [0.15, 0.2) is 18.2 Å². The van der Waals surface area contributed by atoms with Crippen LogP contribution in [0, 0.1) is 6.92 Å². The van der Waals surface area contributed by atoms with Crippen LogP contribution in [-0.2, 0) is 0 Å². The van der Waals surface area contributed by atoms with Gasteiger partial charge in [0.2, 0.25) is 0 Å². The van der Waals surface area contributed by atoms with Crippen molar-refractivity contribution in [3.8, 4) is 0 Å². The van der Waals surface area contributed by atoms with Gasteiger partial charge in [-0.3, -0.25) is 0 Å². The molecule has 1 aromatic rings. The largest absolute Gasteiger partial charge is 0.478 e. The molecule has 0 aliphatic carbocycles. The summed E-state index contributed by atoms with van der Waals surface area (Å²) in [5.74, 6) is -0.899. The molecule has 106 valence electrons. The van der Waals surface area contributed by atoms with E-state index in [1.807, 2.05) is 24.0 Å². The number of hydrogen-bond donors (Lipinski definition) is 2. The van der Waals surface area contributed by atoms with Gasteiger partial charge >= 0.3 is 12.0 Å². The second kappa shape index (κ2) is 4.70. The maximum absolute atomic E-state index is 11.6. The number of piperazine rings is 1. The first-order chi connectivity index (χ1) is 9.56. The zero-order chi connectivity index (χ0) is 14.3. The number of carboxylic acid groups (broad SMARTS) is 1. The molecule has 0 radical (unpaired) electrons. The lowest BCUT2D eigenvalue weighted by atomic mass is 10.1. The van der Waals surface area contributed by atoms with Crippen molar-refractivity contribution in [1.29, 1.82) is 0 Å². The second-order valence-electron chi connectivity index (χ2n) is 5.28. The Bertz CT molecular complexity index is 573. The minimum Gasteiger partial charge on any atom is -0.478 e. The Morgan fingerprint density at radius 3 is 2.90 bits per heavy atom. The van der Waals surface area contributed by atoms with Gasteiger partial charge in [-0.1, -0.05) is 0 Å². The number of anilines is 1. The average molecular weight is 275 g/mol. The van der Waals surface area contributed by atoms with Gasteiger partial charge in [-0.2, -0.15) is 0 Å². The molecule has 3 rings (SSSR count). The molecule has 1 atom stereocenters. The third-order valence-electron chi connectivity index (χ3n) is 4.04. The number of benzene rings is 1.